The number of esters is 1. The molecule has 0 amide bonds. The molecule has 0 bridgehead atoms. The van der Waals surface area contributed by atoms with Crippen LogP contribution in [0, 0.1) is 13.8 Å². The molecule has 0 saturated heterocycles. The largest absolute Gasteiger partial charge is 0.462 e. The second kappa shape index (κ2) is 5.04. The highest BCUT2D eigenvalue weighted by molar-refractivity contribution is 5.97. The Bertz CT molecular complexity index is 572. The number of aryl methyl sites for hydroxylation is 2. The SMILES string of the molecule is CCOC(=O)c1c(-c2ccccc2C)noc1C. The van der Waals surface area contributed by atoms with Gasteiger partial charge in [-0.05, 0) is 26.3 Å². The molecule has 1 aromatic carbocycles. The Balaban J connectivity index is 2.53. The van der Waals surface area contributed by atoms with Crippen LogP contribution < -0.4 is 0 Å². The Morgan fingerprint density at radius 1 is 1.33 bits per heavy atom. The van der Waals surface area contributed by atoms with Crippen LogP contribution in [0.2, 0.25) is 0 Å². The summed E-state index contributed by atoms with van der Waals surface area (Å²) in [5.74, 6) is 0.0845. The number of aromatic nitrogens is 1. The maximum atomic E-state index is 11.9. The van der Waals surface area contributed by atoms with Gasteiger partial charge in [0, 0.05) is 5.56 Å². The summed E-state index contributed by atoms with van der Waals surface area (Å²) in [4.78, 5) is 11.9. The van der Waals surface area contributed by atoms with E-state index in [1.165, 1.54) is 0 Å². The second-order valence-electron chi connectivity index (χ2n) is 4.00. The molecular formula is C14H15NO3. The van der Waals surface area contributed by atoms with Crippen molar-refractivity contribution in [1.29, 1.82) is 0 Å². The molecule has 0 radical (unpaired) electrons. The molecule has 0 aliphatic heterocycles. The van der Waals surface area contributed by atoms with Gasteiger partial charge >= 0.3 is 5.97 Å². The van der Waals surface area contributed by atoms with Crippen LogP contribution in [0.3, 0.4) is 0 Å². The zero-order valence-electron chi connectivity index (χ0n) is 10.7. The Morgan fingerprint density at radius 3 is 2.72 bits per heavy atom. The van der Waals surface area contributed by atoms with Crippen molar-refractivity contribution < 1.29 is 14.1 Å². The van der Waals surface area contributed by atoms with Crippen LogP contribution in [0.4, 0.5) is 0 Å². The lowest BCUT2D eigenvalue weighted by Gasteiger charge is -2.04. The van der Waals surface area contributed by atoms with E-state index in [0.717, 1.165) is 11.1 Å². The van der Waals surface area contributed by atoms with Crippen molar-refractivity contribution in [2.75, 3.05) is 6.61 Å². The number of rotatable bonds is 3. The molecule has 4 nitrogen and oxygen atoms in total. The molecule has 0 unspecified atom stereocenters. The zero-order chi connectivity index (χ0) is 13.1. The summed E-state index contributed by atoms with van der Waals surface area (Å²) in [6.07, 6.45) is 0. The Hall–Kier alpha value is -2.10. The molecule has 18 heavy (non-hydrogen) atoms. The molecule has 94 valence electrons. The third-order valence-electron chi connectivity index (χ3n) is 2.74. The van der Waals surface area contributed by atoms with Crippen molar-refractivity contribution >= 4 is 5.97 Å². The van der Waals surface area contributed by atoms with Gasteiger partial charge in [0.15, 0.2) is 0 Å². The van der Waals surface area contributed by atoms with Gasteiger partial charge in [-0.25, -0.2) is 4.79 Å². The summed E-state index contributed by atoms with van der Waals surface area (Å²) in [6.45, 7) is 5.78. The quantitative estimate of drug-likeness (QED) is 0.779. The van der Waals surface area contributed by atoms with E-state index in [0.29, 0.717) is 23.6 Å². The topological polar surface area (TPSA) is 52.3 Å². The van der Waals surface area contributed by atoms with Crippen LogP contribution in [0.1, 0.15) is 28.6 Å². The van der Waals surface area contributed by atoms with Gasteiger partial charge in [0.05, 0.1) is 6.61 Å². The molecule has 0 saturated carbocycles. The van der Waals surface area contributed by atoms with Gasteiger partial charge in [0.2, 0.25) is 0 Å². The maximum Gasteiger partial charge on any atom is 0.344 e. The molecule has 2 rings (SSSR count). The summed E-state index contributed by atoms with van der Waals surface area (Å²) >= 11 is 0. The first-order valence-corrected chi connectivity index (χ1v) is 5.84. The van der Waals surface area contributed by atoms with Crippen LogP contribution in [-0.4, -0.2) is 17.7 Å². The molecular weight excluding hydrogens is 230 g/mol. The molecule has 0 aliphatic rings. The van der Waals surface area contributed by atoms with Gasteiger partial charge < -0.3 is 9.26 Å². The summed E-state index contributed by atoms with van der Waals surface area (Å²) < 4.78 is 10.2. The summed E-state index contributed by atoms with van der Waals surface area (Å²) in [6, 6.07) is 7.72. The number of carbonyl (C=O) groups is 1. The fourth-order valence-corrected chi connectivity index (χ4v) is 1.84. The van der Waals surface area contributed by atoms with E-state index in [9.17, 15) is 4.79 Å². The van der Waals surface area contributed by atoms with Crippen molar-refractivity contribution in [2.45, 2.75) is 20.8 Å². The lowest BCUT2D eigenvalue weighted by molar-refractivity contribution is 0.0525. The molecule has 2 aromatic rings. The number of ether oxygens (including phenoxy) is 1. The van der Waals surface area contributed by atoms with Crippen molar-refractivity contribution in [3.8, 4) is 11.3 Å². The Kier molecular flexibility index (Phi) is 3.46. The first-order chi connectivity index (χ1) is 8.65. The van der Waals surface area contributed by atoms with Gasteiger partial charge in [-0.3, -0.25) is 0 Å². The summed E-state index contributed by atoms with van der Waals surface area (Å²) in [5, 5.41) is 3.97. The van der Waals surface area contributed by atoms with E-state index in [1.807, 2.05) is 31.2 Å². The number of benzene rings is 1. The second-order valence-corrected chi connectivity index (χ2v) is 4.00. The number of hydrogen-bond acceptors (Lipinski definition) is 4. The zero-order valence-corrected chi connectivity index (χ0v) is 10.7. The smallest absolute Gasteiger partial charge is 0.344 e. The first kappa shape index (κ1) is 12.4. The molecule has 0 spiro atoms. The van der Waals surface area contributed by atoms with Gasteiger partial charge in [-0.1, -0.05) is 29.4 Å². The van der Waals surface area contributed by atoms with Crippen LogP contribution >= 0.6 is 0 Å². The van der Waals surface area contributed by atoms with E-state index in [1.54, 1.807) is 13.8 Å². The third-order valence-corrected chi connectivity index (χ3v) is 2.74. The number of hydrogen-bond donors (Lipinski definition) is 0. The summed E-state index contributed by atoms with van der Waals surface area (Å²) in [5.41, 5.74) is 2.88. The van der Waals surface area contributed by atoms with Gasteiger partial charge in [-0.2, -0.15) is 0 Å². The molecule has 1 aromatic heterocycles. The minimum absolute atomic E-state index is 0.330. The summed E-state index contributed by atoms with van der Waals surface area (Å²) in [7, 11) is 0. The predicted octanol–water partition coefficient (Wildman–Crippen LogP) is 3.14. The first-order valence-electron chi connectivity index (χ1n) is 5.84. The molecule has 4 heteroatoms. The fourth-order valence-electron chi connectivity index (χ4n) is 1.84. The lowest BCUT2D eigenvalue weighted by atomic mass is 10.0. The van der Waals surface area contributed by atoms with E-state index >= 15 is 0 Å². The highest BCUT2D eigenvalue weighted by atomic mass is 16.5. The minimum Gasteiger partial charge on any atom is -0.462 e. The molecule has 1 heterocycles. The van der Waals surface area contributed by atoms with Gasteiger partial charge in [0.1, 0.15) is 17.0 Å². The lowest BCUT2D eigenvalue weighted by Crippen LogP contribution is -2.06. The molecule has 0 atom stereocenters. The molecule has 0 aliphatic carbocycles. The Morgan fingerprint density at radius 2 is 2.06 bits per heavy atom. The third kappa shape index (κ3) is 2.14. The highest BCUT2D eigenvalue weighted by Crippen LogP contribution is 2.28. The fraction of sp³-hybridized carbons (Fsp3) is 0.286. The number of carbonyl (C=O) groups excluding carboxylic acids is 1. The average Bonchev–Trinajstić information content (AvgIpc) is 2.72. The normalized spacial score (nSPS) is 10.4. The molecule has 0 fully saturated rings. The monoisotopic (exact) mass is 245 g/mol. The van der Waals surface area contributed by atoms with E-state index < -0.39 is 5.97 Å². The maximum absolute atomic E-state index is 11.9. The van der Waals surface area contributed by atoms with Crippen molar-refractivity contribution in [3.05, 3.63) is 41.2 Å². The average molecular weight is 245 g/mol. The van der Waals surface area contributed by atoms with Crippen LogP contribution in [0.15, 0.2) is 28.8 Å². The predicted molar refractivity (Wildman–Crippen MR) is 67.4 cm³/mol. The van der Waals surface area contributed by atoms with Crippen LogP contribution in [0.5, 0.6) is 0 Å². The van der Waals surface area contributed by atoms with Gasteiger partial charge in [0.25, 0.3) is 0 Å². The molecule has 0 N–H and O–H groups in total. The van der Waals surface area contributed by atoms with E-state index in [2.05, 4.69) is 5.16 Å². The number of nitrogens with zero attached hydrogens (tertiary/aromatic N) is 1. The standard InChI is InChI=1S/C14H15NO3/c1-4-17-14(16)12-10(3)18-15-13(12)11-8-6-5-7-9(11)2/h5-8H,4H2,1-3H3. The van der Waals surface area contributed by atoms with Gasteiger partial charge in [-0.15, -0.1) is 0 Å². The van der Waals surface area contributed by atoms with E-state index in [-0.39, 0.29) is 0 Å². The van der Waals surface area contributed by atoms with Crippen LogP contribution in [-0.2, 0) is 4.74 Å². The van der Waals surface area contributed by atoms with E-state index in [4.69, 9.17) is 9.26 Å². The van der Waals surface area contributed by atoms with Crippen molar-refractivity contribution in [2.24, 2.45) is 0 Å². The highest BCUT2D eigenvalue weighted by Gasteiger charge is 2.23. The van der Waals surface area contributed by atoms with Crippen LogP contribution in [0.25, 0.3) is 11.3 Å². The van der Waals surface area contributed by atoms with Crippen molar-refractivity contribution in [3.63, 3.8) is 0 Å². The minimum atomic E-state index is -0.394. The Labute approximate surface area is 106 Å². The van der Waals surface area contributed by atoms with Crippen molar-refractivity contribution in [1.82, 2.24) is 5.16 Å².